The number of Topliss-reactive ketones (excluding diaryl/α,β-unsaturated/α-hetero) is 1. The van der Waals surface area contributed by atoms with Gasteiger partial charge in [-0.2, -0.15) is 0 Å². The van der Waals surface area contributed by atoms with Gasteiger partial charge in [-0.15, -0.1) is 0 Å². The molecule has 16 heavy (non-hydrogen) atoms. The van der Waals surface area contributed by atoms with Crippen LogP contribution >= 0.6 is 15.9 Å². The summed E-state index contributed by atoms with van der Waals surface area (Å²) >= 11 is 3.23. The van der Waals surface area contributed by atoms with Gasteiger partial charge >= 0.3 is 5.97 Å². The highest BCUT2D eigenvalue weighted by Gasteiger charge is 2.21. The molecule has 0 aromatic heterocycles. The van der Waals surface area contributed by atoms with Crippen LogP contribution in [0.25, 0.3) is 0 Å². The predicted molar refractivity (Wildman–Crippen MR) is 62.0 cm³/mol. The van der Waals surface area contributed by atoms with Crippen LogP contribution in [0.4, 0.5) is 0 Å². The number of carboxylic acids is 1. The second-order valence-electron chi connectivity index (χ2n) is 3.13. The lowest BCUT2D eigenvalue weighted by Crippen LogP contribution is -2.14. The van der Waals surface area contributed by atoms with Crippen molar-refractivity contribution in [3.05, 3.63) is 27.7 Å². The molecule has 0 fully saturated rings. The number of ether oxygens (including phenoxy) is 1. The third kappa shape index (κ3) is 2.41. The van der Waals surface area contributed by atoms with Crippen molar-refractivity contribution >= 4 is 27.7 Å². The molecule has 0 amide bonds. The first-order valence-electron chi connectivity index (χ1n) is 4.65. The molecule has 0 aliphatic rings. The molecule has 0 aliphatic carbocycles. The highest BCUT2D eigenvalue weighted by atomic mass is 79.9. The zero-order valence-electron chi connectivity index (χ0n) is 8.91. The second-order valence-corrected chi connectivity index (χ2v) is 4.05. The Hall–Kier alpha value is -1.36. The smallest absolute Gasteiger partial charge is 0.377 e. The maximum Gasteiger partial charge on any atom is 0.377 e. The summed E-state index contributed by atoms with van der Waals surface area (Å²) in [6.45, 7) is 1.90. The first-order chi connectivity index (χ1) is 7.51. The quantitative estimate of drug-likeness (QED) is 0.681. The molecule has 1 aromatic carbocycles. The lowest BCUT2D eigenvalue weighted by Gasteiger charge is -2.11. The van der Waals surface area contributed by atoms with Gasteiger partial charge < -0.3 is 9.84 Å². The Morgan fingerprint density at radius 1 is 1.44 bits per heavy atom. The van der Waals surface area contributed by atoms with Crippen LogP contribution in [0, 0.1) is 0 Å². The van der Waals surface area contributed by atoms with Gasteiger partial charge in [0.1, 0.15) is 5.75 Å². The van der Waals surface area contributed by atoms with E-state index < -0.39 is 11.8 Å². The lowest BCUT2D eigenvalue weighted by atomic mass is 10.0. The van der Waals surface area contributed by atoms with E-state index in [1.807, 2.05) is 6.92 Å². The predicted octanol–water partition coefficient (Wildman–Crippen LogP) is 2.29. The average Bonchev–Trinajstić information content (AvgIpc) is 2.26. The topological polar surface area (TPSA) is 63.6 Å². The minimum atomic E-state index is -1.49. The molecule has 1 N–H and O–H groups in total. The van der Waals surface area contributed by atoms with Gasteiger partial charge in [0, 0.05) is 4.47 Å². The standard InChI is InChI=1S/C11H11BrO4/c1-3-6-4-7(12)5-8(10(6)16-2)9(13)11(14)15/h4-5H,3H2,1-2H3,(H,14,15). The third-order valence-corrected chi connectivity index (χ3v) is 2.61. The molecular formula is C11H11BrO4. The Morgan fingerprint density at radius 3 is 2.50 bits per heavy atom. The van der Waals surface area contributed by atoms with Crippen LogP contribution in [-0.2, 0) is 11.2 Å². The van der Waals surface area contributed by atoms with E-state index in [9.17, 15) is 9.59 Å². The summed E-state index contributed by atoms with van der Waals surface area (Å²) in [5.41, 5.74) is 0.864. The Kier molecular flexibility index (Phi) is 4.06. The molecule has 1 rings (SSSR count). The van der Waals surface area contributed by atoms with Crippen molar-refractivity contribution in [3.8, 4) is 5.75 Å². The van der Waals surface area contributed by atoms with Crippen LogP contribution in [-0.4, -0.2) is 24.0 Å². The van der Waals surface area contributed by atoms with Crippen molar-refractivity contribution in [2.45, 2.75) is 13.3 Å². The molecule has 86 valence electrons. The normalized spacial score (nSPS) is 9.94. The number of halogens is 1. The number of carbonyl (C=O) groups excluding carboxylic acids is 1. The van der Waals surface area contributed by atoms with E-state index in [0.717, 1.165) is 5.56 Å². The van der Waals surface area contributed by atoms with Crippen LogP contribution < -0.4 is 4.74 Å². The summed E-state index contributed by atoms with van der Waals surface area (Å²) in [6, 6.07) is 3.26. The number of ketones is 1. The largest absolute Gasteiger partial charge is 0.496 e. The minimum Gasteiger partial charge on any atom is -0.496 e. The van der Waals surface area contributed by atoms with E-state index in [1.54, 1.807) is 6.07 Å². The molecule has 1 aromatic rings. The molecule has 0 radical (unpaired) electrons. The maximum atomic E-state index is 11.4. The molecule has 5 heteroatoms. The molecule has 0 aliphatic heterocycles. The van der Waals surface area contributed by atoms with Crippen molar-refractivity contribution in [1.82, 2.24) is 0 Å². The summed E-state index contributed by atoms with van der Waals surface area (Å²) in [4.78, 5) is 22.1. The van der Waals surface area contributed by atoms with E-state index in [1.165, 1.54) is 13.2 Å². The molecule has 0 saturated carbocycles. The first kappa shape index (κ1) is 12.7. The summed E-state index contributed by atoms with van der Waals surface area (Å²) in [7, 11) is 1.42. The van der Waals surface area contributed by atoms with Gasteiger partial charge in [0.05, 0.1) is 12.7 Å². The Bertz CT molecular complexity index is 440. The van der Waals surface area contributed by atoms with E-state index in [-0.39, 0.29) is 5.56 Å². The van der Waals surface area contributed by atoms with Gasteiger partial charge in [0.25, 0.3) is 5.78 Å². The maximum absolute atomic E-state index is 11.4. The molecule has 0 saturated heterocycles. The van der Waals surface area contributed by atoms with Gasteiger partial charge in [-0.3, -0.25) is 4.79 Å². The number of hydrogen-bond donors (Lipinski definition) is 1. The van der Waals surface area contributed by atoms with Gasteiger partial charge in [-0.25, -0.2) is 4.79 Å². The number of aryl methyl sites for hydroxylation is 1. The van der Waals surface area contributed by atoms with Crippen LogP contribution in [0.1, 0.15) is 22.8 Å². The number of benzene rings is 1. The number of carboxylic acid groups (broad SMARTS) is 1. The van der Waals surface area contributed by atoms with Crippen molar-refractivity contribution in [2.75, 3.05) is 7.11 Å². The van der Waals surface area contributed by atoms with Gasteiger partial charge in [0.2, 0.25) is 0 Å². The fourth-order valence-corrected chi connectivity index (χ4v) is 1.94. The summed E-state index contributed by atoms with van der Waals surface area (Å²) in [5, 5.41) is 8.69. The van der Waals surface area contributed by atoms with E-state index >= 15 is 0 Å². The van der Waals surface area contributed by atoms with Gasteiger partial charge in [-0.1, -0.05) is 22.9 Å². The lowest BCUT2D eigenvalue weighted by molar-refractivity contribution is -0.131. The molecule has 0 bridgehead atoms. The fraction of sp³-hybridized carbons (Fsp3) is 0.273. The zero-order chi connectivity index (χ0) is 12.3. The van der Waals surface area contributed by atoms with Gasteiger partial charge in [0.15, 0.2) is 0 Å². The SMILES string of the molecule is CCc1cc(Br)cc(C(=O)C(=O)O)c1OC. The number of hydrogen-bond acceptors (Lipinski definition) is 3. The highest BCUT2D eigenvalue weighted by Crippen LogP contribution is 2.29. The summed E-state index contributed by atoms with van der Waals surface area (Å²) < 4.78 is 5.75. The minimum absolute atomic E-state index is 0.0706. The van der Waals surface area contributed by atoms with E-state index in [4.69, 9.17) is 9.84 Å². The van der Waals surface area contributed by atoms with Crippen LogP contribution in [0.5, 0.6) is 5.75 Å². The van der Waals surface area contributed by atoms with Crippen molar-refractivity contribution < 1.29 is 19.4 Å². The van der Waals surface area contributed by atoms with Crippen molar-refractivity contribution in [1.29, 1.82) is 0 Å². The molecule has 0 unspecified atom stereocenters. The molecule has 4 nitrogen and oxygen atoms in total. The molecule has 0 spiro atoms. The number of rotatable bonds is 4. The highest BCUT2D eigenvalue weighted by molar-refractivity contribution is 9.10. The van der Waals surface area contributed by atoms with Crippen LogP contribution in [0.3, 0.4) is 0 Å². The molecular weight excluding hydrogens is 276 g/mol. The fourth-order valence-electron chi connectivity index (χ4n) is 1.44. The third-order valence-electron chi connectivity index (χ3n) is 2.15. The molecule has 0 atom stereocenters. The van der Waals surface area contributed by atoms with Crippen LogP contribution in [0.15, 0.2) is 16.6 Å². The summed E-state index contributed by atoms with van der Waals surface area (Å²) in [6.07, 6.45) is 0.655. The Labute approximate surface area is 101 Å². The van der Waals surface area contributed by atoms with Crippen molar-refractivity contribution in [3.63, 3.8) is 0 Å². The van der Waals surface area contributed by atoms with E-state index in [0.29, 0.717) is 16.6 Å². The van der Waals surface area contributed by atoms with E-state index in [2.05, 4.69) is 15.9 Å². The monoisotopic (exact) mass is 286 g/mol. The molecule has 0 heterocycles. The number of carbonyl (C=O) groups is 2. The Morgan fingerprint density at radius 2 is 2.06 bits per heavy atom. The average molecular weight is 287 g/mol. The summed E-state index contributed by atoms with van der Waals surface area (Å²) in [5.74, 6) is -2.12. The first-order valence-corrected chi connectivity index (χ1v) is 5.44. The second kappa shape index (κ2) is 5.12. The Balaban J connectivity index is 3.42. The van der Waals surface area contributed by atoms with Crippen molar-refractivity contribution in [2.24, 2.45) is 0 Å². The van der Waals surface area contributed by atoms with Crippen LogP contribution in [0.2, 0.25) is 0 Å². The zero-order valence-corrected chi connectivity index (χ0v) is 10.5. The van der Waals surface area contributed by atoms with Gasteiger partial charge in [-0.05, 0) is 24.1 Å². The number of aliphatic carboxylic acids is 1. The number of methoxy groups -OCH3 is 1.